The van der Waals surface area contributed by atoms with Gasteiger partial charge >= 0.3 is 0 Å². The summed E-state index contributed by atoms with van der Waals surface area (Å²) in [5, 5.41) is 7.53. The zero-order valence-electron chi connectivity index (χ0n) is 35.1. The van der Waals surface area contributed by atoms with Crippen molar-refractivity contribution in [1.82, 2.24) is 4.57 Å². The Balaban J connectivity index is 0.876. The molecule has 0 fully saturated rings. The molecule has 0 unspecified atom stereocenters. The Hall–Kier alpha value is -8.46. The van der Waals surface area contributed by atoms with Crippen LogP contribution in [-0.2, 0) is 0 Å². The summed E-state index contributed by atoms with van der Waals surface area (Å²) in [6.07, 6.45) is 0. The van der Waals surface area contributed by atoms with Crippen LogP contribution >= 0.6 is 0 Å². The molecule has 12 aromatic rings. The van der Waals surface area contributed by atoms with Gasteiger partial charge in [0.1, 0.15) is 0 Å². The van der Waals surface area contributed by atoms with Gasteiger partial charge in [0.05, 0.1) is 11.0 Å². The molecule has 1 heterocycles. The minimum Gasteiger partial charge on any atom is -0.311 e. The molecule has 0 aliphatic heterocycles. The number of nitrogens with zero attached hydrogens (tertiary/aromatic N) is 2. The van der Waals surface area contributed by atoms with Crippen molar-refractivity contribution < 1.29 is 0 Å². The van der Waals surface area contributed by atoms with Crippen molar-refractivity contribution in [3.05, 3.63) is 255 Å². The highest BCUT2D eigenvalue weighted by Gasteiger charge is 2.16. The molecule has 0 bridgehead atoms. The predicted octanol–water partition coefficient (Wildman–Crippen LogP) is 17.2. The van der Waals surface area contributed by atoms with Crippen LogP contribution in [0.3, 0.4) is 0 Å². The number of hydrogen-bond donors (Lipinski definition) is 0. The first-order valence-electron chi connectivity index (χ1n) is 22.0. The van der Waals surface area contributed by atoms with E-state index >= 15 is 0 Å². The minimum atomic E-state index is 1.10. The molecule has 1 aromatic heterocycles. The lowest BCUT2D eigenvalue weighted by atomic mass is 9.97. The van der Waals surface area contributed by atoms with E-state index in [0.717, 1.165) is 17.1 Å². The average molecular weight is 815 g/mol. The fourth-order valence-corrected chi connectivity index (χ4v) is 9.65. The van der Waals surface area contributed by atoms with Crippen LogP contribution in [0.4, 0.5) is 17.1 Å². The van der Waals surface area contributed by atoms with E-state index < -0.39 is 0 Å². The van der Waals surface area contributed by atoms with E-state index in [1.165, 1.54) is 93.5 Å². The van der Waals surface area contributed by atoms with Gasteiger partial charge in [-0.05, 0) is 133 Å². The quantitative estimate of drug-likeness (QED) is 0.148. The molecule has 12 rings (SSSR count). The maximum Gasteiger partial charge on any atom is 0.0541 e. The summed E-state index contributed by atoms with van der Waals surface area (Å²) in [7, 11) is 0. The number of para-hydroxylation sites is 2. The maximum atomic E-state index is 2.37. The highest BCUT2D eigenvalue weighted by atomic mass is 15.1. The van der Waals surface area contributed by atoms with Gasteiger partial charge in [0, 0.05) is 33.5 Å². The number of fused-ring (bicyclic) bond motifs is 5. The Kier molecular flexibility index (Phi) is 9.20. The first-order valence-corrected chi connectivity index (χ1v) is 22.0. The molecular weight excluding hydrogens is 773 g/mol. The summed E-state index contributed by atoms with van der Waals surface area (Å²) in [6.45, 7) is 0. The molecule has 11 aromatic carbocycles. The molecule has 0 atom stereocenters. The number of anilines is 3. The molecule has 0 radical (unpaired) electrons. The summed E-state index contributed by atoms with van der Waals surface area (Å²) in [5.74, 6) is 0. The molecule has 300 valence electrons. The van der Waals surface area contributed by atoms with Crippen molar-refractivity contribution in [2.75, 3.05) is 4.90 Å². The van der Waals surface area contributed by atoms with Crippen molar-refractivity contribution in [3.63, 3.8) is 0 Å². The number of rotatable bonds is 8. The van der Waals surface area contributed by atoms with Gasteiger partial charge in [-0.1, -0.05) is 188 Å². The van der Waals surface area contributed by atoms with Crippen molar-refractivity contribution >= 4 is 60.4 Å². The van der Waals surface area contributed by atoms with Gasteiger partial charge in [-0.25, -0.2) is 0 Å². The summed E-state index contributed by atoms with van der Waals surface area (Å²) in [6, 6.07) is 92.5. The van der Waals surface area contributed by atoms with Crippen LogP contribution in [0.1, 0.15) is 0 Å². The molecule has 0 amide bonds. The van der Waals surface area contributed by atoms with Crippen molar-refractivity contribution in [1.29, 1.82) is 0 Å². The Bertz CT molecular complexity index is 3490. The molecule has 2 nitrogen and oxygen atoms in total. The van der Waals surface area contributed by atoms with Gasteiger partial charge in [0.2, 0.25) is 0 Å². The van der Waals surface area contributed by atoms with Crippen LogP contribution in [0.15, 0.2) is 255 Å². The molecular formula is C62H42N2. The molecule has 0 saturated heterocycles. The van der Waals surface area contributed by atoms with Crippen LogP contribution in [0.2, 0.25) is 0 Å². The van der Waals surface area contributed by atoms with Crippen molar-refractivity contribution in [2.45, 2.75) is 0 Å². The summed E-state index contributed by atoms with van der Waals surface area (Å²) in [4.78, 5) is 2.36. The number of hydrogen-bond acceptors (Lipinski definition) is 1. The molecule has 0 saturated carbocycles. The van der Waals surface area contributed by atoms with Crippen LogP contribution in [0.25, 0.3) is 93.5 Å². The highest BCUT2D eigenvalue weighted by molar-refractivity contribution is 6.10. The van der Waals surface area contributed by atoms with Gasteiger partial charge in [-0.3, -0.25) is 0 Å². The fourth-order valence-electron chi connectivity index (χ4n) is 9.65. The molecule has 0 aliphatic carbocycles. The Morgan fingerprint density at radius 3 is 1.19 bits per heavy atom. The normalized spacial score (nSPS) is 11.4. The average Bonchev–Trinajstić information content (AvgIpc) is 3.71. The topological polar surface area (TPSA) is 8.17 Å². The van der Waals surface area contributed by atoms with Crippen LogP contribution in [-0.4, -0.2) is 4.57 Å². The fraction of sp³-hybridized carbons (Fsp3) is 0. The maximum absolute atomic E-state index is 2.37. The Labute approximate surface area is 373 Å². The van der Waals surface area contributed by atoms with Gasteiger partial charge in [-0.2, -0.15) is 0 Å². The van der Waals surface area contributed by atoms with E-state index in [4.69, 9.17) is 0 Å². The summed E-state index contributed by atoms with van der Waals surface area (Å²) >= 11 is 0. The third-order valence-electron chi connectivity index (χ3n) is 12.8. The van der Waals surface area contributed by atoms with E-state index in [1.54, 1.807) is 0 Å². The second-order valence-corrected chi connectivity index (χ2v) is 16.5. The third-order valence-corrected chi connectivity index (χ3v) is 12.8. The first-order chi connectivity index (χ1) is 31.7. The van der Waals surface area contributed by atoms with E-state index in [0.29, 0.717) is 0 Å². The molecule has 2 heteroatoms. The van der Waals surface area contributed by atoms with Gasteiger partial charge in [0.25, 0.3) is 0 Å². The zero-order valence-corrected chi connectivity index (χ0v) is 35.1. The Morgan fingerprint density at radius 1 is 0.250 bits per heavy atom. The lowest BCUT2D eigenvalue weighted by Crippen LogP contribution is -2.09. The number of benzene rings is 11. The molecule has 64 heavy (non-hydrogen) atoms. The van der Waals surface area contributed by atoms with Crippen molar-refractivity contribution in [3.8, 4) is 50.2 Å². The van der Waals surface area contributed by atoms with Gasteiger partial charge < -0.3 is 9.47 Å². The molecule has 0 spiro atoms. The minimum absolute atomic E-state index is 1.10. The number of aromatic nitrogens is 1. The van der Waals surface area contributed by atoms with Crippen LogP contribution < -0.4 is 4.90 Å². The lowest BCUT2D eigenvalue weighted by molar-refractivity contribution is 1.18. The first kappa shape index (κ1) is 37.3. The van der Waals surface area contributed by atoms with E-state index in [2.05, 4.69) is 264 Å². The standard InChI is InChI=1S/C62H42N2/c1-2-16-51(17-3-1)64-61-23-9-8-20-59(61)60-42-50(34-41-62(60)64)45-26-24-43(25-27-45)44-28-35-52(36-29-44)63(53-37-30-48(31-38-53)57-21-10-14-46-12-4-6-18-55(46)57)54-39-32-49(33-40-54)58-22-11-15-47-13-5-7-19-56(47)58/h1-42H. The zero-order chi connectivity index (χ0) is 42.4. The molecule has 0 aliphatic rings. The lowest BCUT2D eigenvalue weighted by Gasteiger charge is -2.26. The van der Waals surface area contributed by atoms with Crippen LogP contribution in [0.5, 0.6) is 0 Å². The smallest absolute Gasteiger partial charge is 0.0541 e. The second-order valence-electron chi connectivity index (χ2n) is 16.5. The third kappa shape index (κ3) is 6.61. The molecule has 0 N–H and O–H groups in total. The Morgan fingerprint density at radius 2 is 0.641 bits per heavy atom. The van der Waals surface area contributed by atoms with Crippen LogP contribution in [0, 0.1) is 0 Å². The van der Waals surface area contributed by atoms with Crippen molar-refractivity contribution in [2.24, 2.45) is 0 Å². The van der Waals surface area contributed by atoms with Gasteiger partial charge in [-0.15, -0.1) is 0 Å². The van der Waals surface area contributed by atoms with Gasteiger partial charge in [0.15, 0.2) is 0 Å². The second kappa shape index (κ2) is 15.8. The predicted molar refractivity (Wildman–Crippen MR) is 272 cm³/mol. The summed E-state index contributed by atoms with van der Waals surface area (Å²) in [5.41, 5.74) is 16.5. The summed E-state index contributed by atoms with van der Waals surface area (Å²) < 4.78 is 2.37. The monoisotopic (exact) mass is 814 g/mol. The highest BCUT2D eigenvalue weighted by Crippen LogP contribution is 2.40. The van der Waals surface area contributed by atoms with E-state index in [9.17, 15) is 0 Å². The van der Waals surface area contributed by atoms with E-state index in [-0.39, 0.29) is 0 Å². The van der Waals surface area contributed by atoms with E-state index in [1.807, 2.05) is 0 Å². The SMILES string of the molecule is c1ccc(-n2c3ccccc3c3cc(-c4ccc(-c5ccc(N(c6ccc(-c7cccc8ccccc78)cc6)c6ccc(-c7cccc8ccccc78)cc6)cc5)cc4)ccc32)cc1. The largest absolute Gasteiger partial charge is 0.311 e.